The number of hydrogen-bond acceptors (Lipinski definition) is 3. The van der Waals surface area contributed by atoms with Gasteiger partial charge in [-0.1, -0.05) is 42.4 Å². The number of anilines is 1. The van der Waals surface area contributed by atoms with Gasteiger partial charge in [0.05, 0.1) is 5.92 Å². The number of nitrogens with one attached hydrogen (secondary N) is 1. The van der Waals surface area contributed by atoms with Crippen LogP contribution in [0.4, 0.5) is 5.69 Å². The van der Waals surface area contributed by atoms with Gasteiger partial charge in [-0.05, 0) is 29.3 Å². The van der Waals surface area contributed by atoms with Crippen molar-refractivity contribution in [1.82, 2.24) is 0 Å². The van der Waals surface area contributed by atoms with Gasteiger partial charge >= 0.3 is 0 Å². The van der Waals surface area contributed by atoms with Gasteiger partial charge in [-0.15, -0.1) is 0 Å². The predicted molar refractivity (Wildman–Crippen MR) is 79.8 cm³/mol. The van der Waals surface area contributed by atoms with Crippen LogP contribution in [0.25, 0.3) is 10.8 Å². The molecule has 2 aromatic carbocycles. The van der Waals surface area contributed by atoms with E-state index in [9.17, 15) is 4.79 Å². The fourth-order valence-corrected chi connectivity index (χ4v) is 2.09. The second-order valence-corrected chi connectivity index (χ2v) is 4.54. The molecule has 1 amide bonds. The minimum atomic E-state index is -0.633. The van der Waals surface area contributed by atoms with Gasteiger partial charge in [0.1, 0.15) is 0 Å². The maximum Gasteiger partial charge on any atom is 0.235 e. The summed E-state index contributed by atoms with van der Waals surface area (Å²) in [6.45, 7) is 1.81. The van der Waals surface area contributed by atoms with E-state index in [1.807, 2.05) is 49.4 Å². The molecule has 2 rings (SSSR count). The molecule has 0 spiro atoms. The van der Waals surface area contributed by atoms with Crippen LogP contribution in [0.3, 0.4) is 0 Å². The molecule has 0 saturated carbocycles. The van der Waals surface area contributed by atoms with Gasteiger partial charge in [0.2, 0.25) is 5.91 Å². The number of amidine groups is 1. The average Bonchev–Trinajstić information content (AvgIpc) is 2.47. The van der Waals surface area contributed by atoms with Crippen molar-refractivity contribution in [3.05, 3.63) is 42.5 Å². The van der Waals surface area contributed by atoms with Crippen LogP contribution in [0, 0.1) is 5.92 Å². The Kier molecular flexibility index (Phi) is 4.20. The van der Waals surface area contributed by atoms with E-state index in [0.717, 1.165) is 10.8 Å². The molecule has 0 fully saturated rings. The lowest BCUT2D eigenvalue weighted by molar-refractivity contribution is -0.118. The summed E-state index contributed by atoms with van der Waals surface area (Å²) in [4.78, 5) is 12.1. The third kappa shape index (κ3) is 2.88. The van der Waals surface area contributed by atoms with Gasteiger partial charge in [0.25, 0.3) is 0 Å². The quantitative estimate of drug-likeness (QED) is 0.345. The minimum Gasteiger partial charge on any atom is -0.409 e. The van der Waals surface area contributed by atoms with E-state index in [2.05, 4.69) is 10.5 Å². The zero-order valence-electron chi connectivity index (χ0n) is 11.2. The van der Waals surface area contributed by atoms with Crippen molar-refractivity contribution in [1.29, 1.82) is 0 Å². The number of oxime groups is 1. The van der Waals surface area contributed by atoms with Crippen LogP contribution in [0.1, 0.15) is 13.3 Å². The number of nitrogens with zero attached hydrogens (tertiary/aromatic N) is 1. The van der Waals surface area contributed by atoms with Crippen LogP contribution in [0.5, 0.6) is 0 Å². The van der Waals surface area contributed by atoms with Gasteiger partial charge in [-0.2, -0.15) is 0 Å². The third-order valence-electron chi connectivity index (χ3n) is 3.21. The Morgan fingerprint density at radius 1 is 1.30 bits per heavy atom. The summed E-state index contributed by atoms with van der Waals surface area (Å²) in [6.07, 6.45) is 0.468. The standard InChI is InChI=1S/C15H17N3O2/c1-2-13(14(16)18-20)15(19)17-12-8-7-10-5-3-4-6-11(10)9-12/h3-9,13,20H,2H2,1H3,(H2,16,18)(H,17,19). The molecule has 1 unspecified atom stereocenters. The Morgan fingerprint density at radius 3 is 2.65 bits per heavy atom. The summed E-state index contributed by atoms with van der Waals surface area (Å²) >= 11 is 0. The van der Waals surface area contributed by atoms with Crippen molar-refractivity contribution in [3.8, 4) is 0 Å². The molecule has 0 aromatic heterocycles. The number of carbonyl (C=O) groups is 1. The van der Waals surface area contributed by atoms with Crippen LogP contribution in [0.2, 0.25) is 0 Å². The Hall–Kier alpha value is -2.56. The van der Waals surface area contributed by atoms with Crippen molar-refractivity contribution in [2.24, 2.45) is 16.8 Å². The summed E-state index contributed by atoms with van der Waals surface area (Å²) in [5, 5.41) is 16.5. The fourth-order valence-electron chi connectivity index (χ4n) is 2.09. The van der Waals surface area contributed by atoms with Crippen LogP contribution >= 0.6 is 0 Å². The monoisotopic (exact) mass is 271 g/mol. The van der Waals surface area contributed by atoms with E-state index in [1.54, 1.807) is 0 Å². The van der Waals surface area contributed by atoms with Gasteiger partial charge in [-0.3, -0.25) is 4.79 Å². The van der Waals surface area contributed by atoms with E-state index in [0.29, 0.717) is 12.1 Å². The lowest BCUT2D eigenvalue weighted by Crippen LogP contribution is -2.34. The predicted octanol–water partition coefficient (Wildman–Crippen LogP) is 2.55. The smallest absolute Gasteiger partial charge is 0.235 e. The highest BCUT2D eigenvalue weighted by molar-refractivity contribution is 6.08. The molecule has 104 valence electrons. The molecule has 0 saturated heterocycles. The van der Waals surface area contributed by atoms with E-state index in [4.69, 9.17) is 10.9 Å². The van der Waals surface area contributed by atoms with Crippen molar-refractivity contribution in [2.45, 2.75) is 13.3 Å². The number of benzene rings is 2. The van der Waals surface area contributed by atoms with Crippen molar-refractivity contribution < 1.29 is 10.0 Å². The Morgan fingerprint density at radius 2 is 2.00 bits per heavy atom. The van der Waals surface area contributed by atoms with E-state index < -0.39 is 5.92 Å². The average molecular weight is 271 g/mol. The van der Waals surface area contributed by atoms with E-state index in [-0.39, 0.29) is 11.7 Å². The molecule has 0 heterocycles. The summed E-state index contributed by atoms with van der Waals surface area (Å²) in [5.41, 5.74) is 6.20. The van der Waals surface area contributed by atoms with Crippen molar-refractivity contribution >= 4 is 28.2 Å². The fraction of sp³-hybridized carbons (Fsp3) is 0.200. The normalized spacial score (nSPS) is 13.2. The zero-order valence-corrected chi connectivity index (χ0v) is 11.2. The molecular formula is C15H17N3O2. The van der Waals surface area contributed by atoms with Crippen LogP contribution in [-0.4, -0.2) is 17.0 Å². The van der Waals surface area contributed by atoms with Gasteiger partial charge in [0.15, 0.2) is 5.84 Å². The number of rotatable bonds is 4. The molecule has 20 heavy (non-hydrogen) atoms. The second kappa shape index (κ2) is 6.06. The van der Waals surface area contributed by atoms with Crippen LogP contribution in [-0.2, 0) is 4.79 Å². The molecule has 0 aliphatic heterocycles. The van der Waals surface area contributed by atoms with Crippen LogP contribution < -0.4 is 11.1 Å². The highest BCUT2D eigenvalue weighted by Crippen LogP contribution is 2.19. The first-order valence-corrected chi connectivity index (χ1v) is 6.42. The molecular weight excluding hydrogens is 254 g/mol. The Labute approximate surface area is 117 Å². The van der Waals surface area contributed by atoms with Gasteiger partial charge < -0.3 is 16.3 Å². The Balaban J connectivity index is 2.21. The Bertz CT molecular complexity index is 652. The summed E-state index contributed by atoms with van der Waals surface area (Å²) in [6, 6.07) is 13.6. The topological polar surface area (TPSA) is 87.7 Å². The second-order valence-electron chi connectivity index (χ2n) is 4.54. The highest BCUT2D eigenvalue weighted by atomic mass is 16.4. The lowest BCUT2D eigenvalue weighted by atomic mass is 10.0. The molecule has 0 aliphatic rings. The third-order valence-corrected chi connectivity index (χ3v) is 3.21. The molecule has 0 bridgehead atoms. The molecule has 0 radical (unpaired) electrons. The number of nitrogens with two attached hydrogens (primary N) is 1. The van der Waals surface area contributed by atoms with Crippen molar-refractivity contribution in [3.63, 3.8) is 0 Å². The molecule has 1 atom stereocenters. The summed E-state index contributed by atoms with van der Waals surface area (Å²) < 4.78 is 0. The number of hydrogen-bond donors (Lipinski definition) is 3. The summed E-state index contributed by atoms with van der Waals surface area (Å²) in [7, 11) is 0. The summed E-state index contributed by atoms with van der Waals surface area (Å²) in [5.74, 6) is -0.990. The zero-order chi connectivity index (χ0) is 14.5. The SMILES string of the molecule is CCC(C(=O)Nc1ccc2ccccc2c1)C(N)=NO. The highest BCUT2D eigenvalue weighted by Gasteiger charge is 2.21. The van der Waals surface area contributed by atoms with Crippen LogP contribution in [0.15, 0.2) is 47.6 Å². The number of carbonyl (C=O) groups excluding carboxylic acids is 1. The number of fused-ring (bicyclic) bond motifs is 1. The first kappa shape index (κ1) is 13.9. The lowest BCUT2D eigenvalue weighted by Gasteiger charge is -2.13. The van der Waals surface area contributed by atoms with Gasteiger partial charge in [-0.25, -0.2) is 0 Å². The molecule has 2 aromatic rings. The van der Waals surface area contributed by atoms with Gasteiger partial charge in [0, 0.05) is 5.69 Å². The first-order chi connectivity index (χ1) is 9.65. The largest absolute Gasteiger partial charge is 0.409 e. The van der Waals surface area contributed by atoms with Crippen molar-refractivity contribution in [2.75, 3.05) is 5.32 Å². The minimum absolute atomic E-state index is 0.0780. The first-order valence-electron chi connectivity index (χ1n) is 6.42. The van der Waals surface area contributed by atoms with E-state index >= 15 is 0 Å². The number of amides is 1. The molecule has 4 N–H and O–H groups in total. The maximum atomic E-state index is 12.1. The maximum absolute atomic E-state index is 12.1. The molecule has 5 nitrogen and oxygen atoms in total. The molecule has 5 heteroatoms. The molecule has 0 aliphatic carbocycles. The van der Waals surface area contributed by atoms with E-state index in [1.165, 1.54) is 0 Å².